The summed E-state index contributed by atoms with van der Waals surface area (Å²) < 4.78 is 9.53. The maximum atomic E-state index is 6.19. The van der Waals surface area contributed by atoms with Gasteiger partial charge in [0.1, 0.15) is 0 Å². The molecule has 2 heterocycles. The highest BCUT2D eigenvalue weighted by Crippen LogP contribution is 2.28. The lowest BCUT2D eigenvalue weighted by molar-refractivity contribution is 0.0511. The van der Waals surface area contributed by atoms with Gasteiger partial charge in [0, 0.05) is 18.6 Å². The summed E-state index contributed by atoms with van der Waals surface area (Å²) in [5, 5.41) is 1.97. The third kappa shape index (κ3) is 1.37. The standard InChI is InChI=1S/C8H12N2OS/c9-8(2-4-11-5-3-8)7-1-6-12-10-7/h1,6H,2-5,9H2. The SMILES string of the molecule is NC1(c2ccsn2)CCOCC1. The van der Waals surface area contributed by atoms with Gasteiger partial charge < -0.3 is 10.5 Å². The van der Waals surface area contributed by atoms with E-state index in [1.165, 1.54) is 11.5 Å². The average Bonchev–Trinajstić information content (AvgIpc) is 2.58. The molecule has 0 amide bonds. The molecule has 1 aliphatic heterocycles. The summed E-state index contributed by atoms with van der Waals surface area (Å²) in [6.07, 6.45) is 1.77. The molecule has 0 spiro atoms. The summed E-state index contributed by atoms with van der Waals surface area (Å²) in [5.41, 5.74) is 6.99. The van der Waals surface area contributed by atoms with Gasteiger partial charge in [-0.3, -0.25) is 0 Å². The van der Waals surface area contributed by atoms with Crippen LogP contribution >= 0.6 is 11.5 Å². The highest BCUT2D eigenvalue weighted by molar-refractivity contribution is 7.03. The summed E-state index contributed by atoms with van der Waals surface area (Å²) in [4.78, 5) is 0. The van der Waals surface area contributed by atoms with E-state index < -0.39 is 0 Å². The van der Waals surface area contributed by atoms with Crippen molar-refractivity contribution < 1.29 is 4.74 Å². The lowest BCUT2D eigenvalue weighted by Crippen LogP contribution is -2.42. The van der Waals surface area contributed by atoms with E-state index in [-0.39, 0.29) is 5.54 Å². The molecule has 12 heavy (non-hydrogen) atoms. The molecular weight excluding hydrogens is 172 g/mol. The predicted molar refractivity (Wildman–Crippen MR) is 48.0 cm³/mol. The van der Waals surface area contributed by atoms with Gasteiger partial charge >= 0.3 is 0 Å². The molecule has 4 heteroatoms. The highest BCUT2D eigenvalue weighted by Gasteiger charge is 2.31. The third-order valence-electron chi connectivity index (χ3n) is 2.33. The molecule has 1 saturated heterocycles. The molecule has 66 valence electrons. The fourth-order valence-corrected chi connectivity index (χ4v) is 2.07. The van der Waals surface area contributed by atoms with Crippen molar-refractivity contribution in [2.75, 3.05) is 13.2 Å². The number of hydrogen-bond acceptors (Lipinski definition) is 4. The van der Waals surface area contributed by atoms with Crippen molar-refractivity contribution >= 4 is 11.5 Å². The van der Waals surface area contributed by atoms with E-state index >= 15 is 0 Å². The van der Waals surface area contributed by atoms with Crippen molar-refractivity contribution in [1.29, 1.82) is 0 Å². The summed E-state index contributed by atoms with van der Waals surface area (Å²) in [6, 6.07) is 2.01. The van der Waals surface area contributed by atoms with E-state index in [9.17, 15) is 0 Å². The lowest BCUT2D eigenvalue weighted by Gasteiger charge is -2.31. The minimum absolute atomic E-state index is 0.224. The van der Waals surface area contributed by atoms with Crippen LogP contribution in [0, 0.1) is 0 Å². The fraction of sp³-hybridized carbons (Fsp3) is 0.625. The van der Waals surface area contributed by atoms with Crippen LogP contribution in [0.5, 0.6) is 0 Å². The second kappa shape index (κ2) is 3.12. The molecule has 1 aliphatic rings. The van der Waals surface area contributed by atoms with Gasteiger partial charge in [0.25, 0.3) is 0 Å². The first-order valence-electron chi connectivity index (χ1n) is 4.09. The maximum Gasteiger partial charge on any atom is 0.0742 e. The van der Waals surface area contributed by atoms with Gasteiger partial charge in [-0.25, -0.2) is 0 Å². The Morgan fingerprint density at radius 3 is 2.83 bits per heavy atom. The second-order valence-electron chi connectivity index (χ2n) is 3.15. The van der Waals surface area contributed by atoms with Crippen LogP contribution in [0.1, 0.15) is 18.5 Å². The Kier molecular flexibility index (Phi) is 2.12. The van der Waals surface area contributed by atoms with E-state index in [0.29, 0.717) is 0 Å². The molecule has 1 aromatic heterocycles. The van der Waals surface area contributed by atoms with E-state index in [1.807, 2.05) is 11.4 Å². The van der Waals surface area contributed by atoms with Crippen LogP contribution in [0.25, 0.3) is 0 Å². The minimum Gasteiger partial charge on any atom is -0.381 e. The summed E-state index contributed by atoms with van der Waals surface area (Å²) in [5.74, 6) is 0. The summed E-state index contributed by atoms with van der Waals surface area (Å²) >= 11 is 1.46. The van der Waals surface area contributed by atoms with E-state index in [4.69, 9.17) is 10.5 Å². The first-order valence-corrected chi connectivity index (χ1v) is 4.92. The van der Waals surface area contributed by atoms with E-state index in [0.717, 1.165) is 31.7 Å². The van der Waals surface area contributed by atoms with Gasteiger partial charge in [-0.2, -0.15) is 4.37 Å². The molecule has 2 rings (SSSR count). The van der Waals surface area contributed by atoms with Crippen molar-refractivity contribution in [3.05, 3.63) is 17.1 Å². The molecule has 0 unspecified atom stereocenters. The molecule has 0 saturated carbocycles. The average molecular weight is 184 g/mol. The van der Waals surface area contributed by atoms with Gasteiger partial charge in [0.15, 0.2) is 0 Å². The van der Waals surface area contributed by atoms with Gasteiger partial charge in [-0.1, -0.05) is 0 Å². The first kappa shape index (κ1) is 8.16. The van der Waals surface area contributed by atoms with Crippen molar-refractivity contribution in [3.8, 4) is 0 Å². The molecule has 0 aliphatic carbocycles. The number of ether oxygens (including phenoxy) is 1. The van der Waals surface area contributed by atoms with Crippen molar-refractivity contribution in [3.63, 3.8) is 0 Å². The van der Waals surface area contributed by atoms with Gasteiger partial charge in [0.2, 0.25) is 0 Å². The molecule has 0 aromatic carbocycles. The summed E-state index contributed by atoms with van der Waals surface area (Å²) in [6.45, 7) is 1.52. The van der Waals surface area contributed by atoms with Crippen LogP contribution in [0.3, 0.4) is 0 Å². The van der Waals surface area contributed by atoms with Crippen LogP contribution in [0.2, 0.25) is 0 Å². The van der Waals surface area contributed by atoms with Crippen LogP contribution in [0.15, 0.2) is 11.4 Å². The van der Waals surface area contributed by atoms with Crippen LogP contribution in [-0.2, 0) is 10.3 Å². The van der Waals surface area contributed by atoms with Crippen molar-refractivity contribution in [1.82, 2.24) is 4.37 Å². The predicted octanol–water partition coefficient (Wildman–Crippen LogP) is 1.11. The fourth-order valence-electron chi connectivity index (χ4n) is 1.46. The molecule has 0 bridgehead atoms. The zero-order valence-electron chi connectivity index (χ0n) is 6.82. The highest BCUT2D eigenvalue weighted by atomic mass is 32.1. The number of nitrogens with two attached hydrogens (primary N) is 1. The quantitative estimate of drug-likeness (QED) is 0.711. The van der Waals surface area contributed by atoms with Crippen molar-refractivity contribution in [2.45, 2.75) is 18.4 Å². The van der Waals surface area contributed by atoms with Crippen LogP contribution < -0.4 is 5.73 Å². The monoisotopic (exact) mass is 184 g/mol. The molecule has 2 N–H and O–H groups in total. The van der Waals surface area contributed by atoms with Crippen molar-refractivity contribution in [2.24, 2.45) is 5.73 Å². The first-order chi connectivity index (χ1) is 5.81. The Morgan fingerprint density at radius 2 is 2.25 bits per heavy atom. The Hall–Kier alpha value is -0.450. The number of hydrogen-bond donors (Lipinski definition) is 1. The minimum atomic E-state index is -0.224. The molecule has 0 radical (unpaired) electrons. The molecular formula is C8H12N2OS. The Morgan fingerprint density at radius 1 is 1.50 bits per heavy atom. The number of aromatic nitrogens is 1. The van der Waals surface area contributed by atoms with Gasteiger partial charge in [-0.15, -0.1) is 0 Å². The van der Waals surface area contributed by atoms with Crippen LogP contribution in [0.4, 0.5) is 0 Å². The lowest BCUT2D eigenvalue weighted by atomic mass is 9.88. The van der Waals surface area contributed by atoms with Gasteiger partial charge in [0.05, 0.1) is 11.2 Å². The Labute approximate surface area is 75.7 Å². The smallest absolute Gasteiger partial charge is 0.0742 e. The Bertz CT molecular complexity index is 242. The van der Waals surface area contributed by atoms with Gasteiger partial charge in [-0.05, 0) is 30.4 Å². The normalized spacial score (nSPS) is 22.4. The summed E-state index contributed by atoms with van der Waals surface area (Å²) in [7, 11) is 0. The van der Waals surface area contributed by atoms with Crippen LogP contribution in [-0.4, -0.2) is 17.6 Å². The molecule has 3 nitrogen and oxygen atoms in total. The molecule has 1 aromatic rings. The number of nitrogens with zero attached hydrogens (tertiary/aromatic N) is 1. The largest absolute Gasteiger partial charge is 0.381 e. The topological polar surface area (TPSA) is 48.1 Å². The zero-order valence-corrected chi connectivity index (χ0v) is 7.64. The molecule has 1 fully saturated rings. The van der Waals surface area contributed by atoms with E-state index in [1.54, 1.807) is 0 Å². The number of rotatable bonds is 1. The zero-order chi connectivity index (χ0) is 8.44. The molecule has 0 atom stereocenters. The second-order valence-corrected chi connectivity index (χ2v) is 3.82. The maximum absolute atomic E-state index is 6.19. The third-order valence-corrected chi connectivity index (χ3v) is 2.89. The Balaban J connectivity index is 2.19. The van der Waals surface area contributed by atoms with E-state index in [2.05, 4.69) is 4.37 Å².